The Hall–Kier alpha value is -12.2. The van der Waals surface area contributed by atoms with Gasteiger partial charge < -0.3 is 9.13 Å². The summed E-state index contributed by atoms with van der Waals surface area (Å²) >= 11 is 0. The van der Waals surface area contributed by atoms with Gasteiger partial charge in [-0.1, -0.05) is 206 Å². The second-order valence-corrected chi connectivity index (χ2v) is 22.6. The lowest BCUT2D eigenvalue weighted by Crippen LogP contribution is -2.07. The molecule has 7 heterocycles. The van der Waals surface area contributed by atoms with E-state index in [0.29, 0.717) is 5.95 Å². The number of rotatable bonds is 7. The highest BCUT2D eigenvalue weighted by Gasteiger charge is 2.21. The maximum atomic E-state index is 5.38. The van der Waals surface area contributed by atoms with Crippen molar-refractivity contribution in [2.75, 3.05) is 0 Å². The van der Waals surface area contributed by atoms with Gasteiger partial charge in [-0.25, -0.2) is 9.97 Å². The molecule has 0 atom stereocenters. The Morgan fingerprint density at radius 2 is 0.472 bits per heavy atom. The number of para-hydroxylation sites is 10. The van der Waals surface area contributed by atoms with Gasteiger partial charge >= 0.3 is 0 Å². The molecule has 0 N–H and O–H groups in total. The van der Waals surface area contributed by atoms with E-state index in [-0.39, 0.29) is 0 Å². The van der Waals surface area contributed by atoms with E-state index in [4.69, 9.17) is 19.9 Å². The van der Waals surface area contributed by atoms with E-state index >= 15 is 0 Å². The van der Waals surface area contributed by atoms with Crippen LogP contribution in [0.1, 0.15) is 0 Å². The molecule has 9 nitrogen and oxygen atoms in total. The number of hydrogen-bond donors (Lipinski definition) is 0. The normalized spacial score (nSPS) is 11.8. The summed E-state index contributed by atoms with van der Waals surface area (Å²) < 4.78 is 11.3. The molecule has 0 unspecified atom stereocenters. The van der Waals surface area contributed by atoms with Crippen molar-refractivity contribution in [3.8, 4) is 51.5 Å². The summed E-state index contributed by atoms with van der Waals surface area (Å²) in [7, 11) is 0. The standard InChI is InChI=1S/C46H29N5.C34H22N4/c1-7-19-39-32(13-1)33-14-2-8-20-40(33)49(39)31-27-25-30(26-28-31)38-29-45(50-41-21-9-3-15-34(41)35-16-4-10-22-42(35)50)48-46(47-38)51-43-23-11-5-17-36(43)37-18-6-12-24-44(37)51;1-5-13-30-25(9-1)26-10-2-6-14-31(26)37(30)24-19-17-23(18-20-24)29-21-36-34(22-35-29)38-32-15-7-3-11-27(32)28-12-4-8-16-33(28)38/h1-29H;1-22H. The minimum Gasteiger partial charge on any atom is -0.309 e. The summed E-state index contributed by atoms with van der Waals surface area (Å²) in [6, 6.07) is 105. The molecule has 7 aromatic heterocycles. The Morgan fingerprint density at radius 1 is 0.202 bits per heavy atom. The first-order valence-corrected chi connectivity index (χ1v) is 30.0. The first kappa shape index (κ1) is 50.2. The Labute approximate surface area is 510 Å². The fraction of sp³-hybridized carbons (Fsp3) is 0. The van der Waals surface area contributed by atoms with Crippen LogP contribution in [-0.4, -0.2) is 42.8 Å². The molecule has 19 aromatic rings. The smallest absolute Gasteiger partial charge is 0.237 e. The monoisotopic (exact) mass is 1140 g/mol. The van der Waals surface area contributed by atoms with Crippen molar-refractivity contribution in [1.82, 2.24) is 42.8 Å². The molecule has 0 aliphatic rings. The number of nitrogens with zero attached hydrogens (tertiary/aromatic N) is 9. The Bertz CT molecular complexity index is 5430. The Balaban J connectivity index is 0.000000139. The van der Waals surface area contributed by atoms with Crippen molar-refractivity contribution in [2.24, 2.45) is 0 Å². The summed E-state index contributed by atoms with van der Waals surface area (Å²) in [5, 5.41) is 12.2. The van der Waals surface area contributed by atoms with Gasteiger partial charge in [-0.15, -0.1) is 0 Å². The van der Waals surface area contributed by atoms with Crippen LogP contribution in [0.3, 0.4) is 0 Å². The molecule has 416 valence electrons. The van der Waals surface area contributed by atoms with Crippen molar-refractivity contribution < 1.29 is 0 Å². The highest BCUT2D eigenvalue weighted by molar-refractivity contribution is 6.13. The van der Waals surface area contributed by atoms with Crippen molar-refractivity contribution in [1.29, 1.82) is 0 Å². The average Bonchev–Trinajstić information content (AvgIpc) is 2.21. The third kappa shape index (κ3) is 7.96. The van der Waals surface area contributed by atoms with E-state index in [9.17, 15) is 0 Å². The third-order valence-electron chi connectivity index (χ3n) is 17.7. The highest BCUT2D eigenvalue weighted by atomic mass is 15.2. The van der Waals surface area contributed by atoms with Gasteiger partial charge in [0.25, 0.3) is 0 Å². The van der Waals surface area contributed by atoms with Crippen LogP contribution in [0.5, 0.6) is 0 Å². The molecule has 0 spiro atoms. The second-order valence-electron chi connectivity index (χ2n) is 22.6. The second kappa shape index (κ2) is 20.2. The maximum Gasteiger partial charge on any atom is 0.237 e. The lowest BCUT2D eigenvalue weighted by Gasteiger charge is -2.14. The number of fused-ring (bicyclic) bond motifs is 15. The Morgan fingerprint density at radius 3 is 0.775 bits per heavy atom. The van der Waals surface area contributed by atoms with E-state index in [1.54, 1.807) is 0 Å². The van der Waals surface area contributed by atoms with Gasteiger partial charge in [-0.2, -0.15) is 4.98 Å². The number of hydrogen-bond acceptors (Lipinski definition) is 4. The zero-order valence-electron chi connectivity index (χ0n) is 48.0. The molecule has 19 rings (SSSR count). The first-order chi connectivity index (χ1) is 44.2. The van der Waals surface area contributed by atoms with E-state index in [1.165, 1.54) is 75.9 Å². The summed E-state index contributed by atoms with van der Waals surface area (Å²) in [4.78, 5) is 20.4. The molecule has 12 aromatic carbocycles. The van der Waals surface area contributed by atoms with Crippen LogP contribution in [0.2, 0.25) is 0 Å². The Kier molecular flexibility index (Phi) is 11.4. The fourth-order valence-electron chi connectivity index (χ4n) is 13.8. The molecular formula is C80H51N9. The van der Waals surface area contributed by atoms with Gasteiger partial charge in [-0.3, -0.25) is 18.7 Å². The summed E-state index contributed by atoms with van der Waals surface area (Å²) in [6.07, 6.45) is 3.74. The zero-order chi connectivity index (χ0) is 58.5. The zero-order valence-corrected chi connectivity index (χ0v) is 48.0. The molecule has 0 bridgehead atoms. The van der Waals surface area contributed by atoms with Crippen molar-refractivity contribution in [3.05, 3.63) is 310 Å². The topological polar surface area (TPSA) is 76.2 Å². The lowest BCUT2D eigenvalue weighted by molar-refractivity contribution is 0.952. The quantitative estimate of drug-likeness (QED) is 0.159. The lowest BCUT2D eigenvalue weighted by atomic mass is 10.1. The van der Waals surface area contributed by atoms with Gasteiger partial charge in [-0.05, 0) is 84.9 Å². The van der Waals surface area contributed by atoms with Gasteiger partial charge in [0.05, 0.1) is 78.9 Å². The van der Waals surface area contributed by atoms with E-state index < -0.39 is 0 Å². The van der Waals surface area contributed by atoms with Gasteiger partial charge in [0, 0.05) is 82.4 Å². The third-order valence-corrected chi connectivity index (χ3v) is 17.7. The highest BCUT2D eigenvalue weighted by Crippen LogP contribution is 2.39. The minimum absolute atomic E-state index is 0.633. The fourth-order valence-corrected chi connectivity index (χ4v) is 13.8. The molecular weight excluding hydrogens is 1090 g/mol. The molecule has 9 heteroatoms. The molecule has 0 fully saturated rings. The van der Waals surface area contributed by atoms with Crippen molar-refractivity contribution >= 4 is 109 Å². The molecule has 0 aliphatic carbocycles. The van der Waals surface area contributed by atoms with Crippen LogP contribution in [0, 0.1) is 0 Å². The first-order valence-electron chi connectivity index (χ1n) is 30.0. The van der Waals surface area contributed by atoms with Crippen LogP contribution in [0.15, 0.2) is 310 Å². The molecule has 0 radical (unpaired) electrons. The number of aromatic nitrogens is 9. The summed E-state index contributed by atoms with van der Waals surface area (Å²) in [5.74, 6) is 2.27. The summed E-state index contributed by atoms with van der Waals surface area (Å²) in [5.41, 5.74) is 17.4. The molecule has 0 saturated carbocycles. The van der Waals surface area contributed by atoms with E-state index in [2.05, 4.69) is 320 Å². The van der Waals surface area contributed by atoms with Crippen LogP contribution < -0.4 is 0 Å². The summed E-state index contributed by atoms with van der Waals surface area (Å²) in [6.45, 7) is 0. The van der Waals surface area contributed by atoms with Crippen LogP contribution >= 0.6 is 0 Å². The molecule has 0 amide bonds. The van der Waals surface area contributed by atoms with Crippen molar-refractivity contribution in [2.45, 2.75) is 0 Å². The van der Waals surface area contributed by atoms with Crippen LogP contribution in [0.4, 0.5) is 0 Å². The predicted molar refractivity (Wildman–Crippen MR) is 367 cm³/mol. The van der Waals surface area contributed by atoms with Gasteiger partial charge in [0.2, 0.25) is 5.95 Å². The van der Waals surface area contributed by atoms with Gasteiger partial charge in [0.15, 0.2) is 5.82 Å². The SMILES string of the molecule is c1ccc2c(c1)c1ccccc1n2-c1ccc(-c2cc(-n3c4ccccc4c4ccccc43)nc(-n3c4ccccc4c4ccccc43)n2)cc1.c1ccc2c(c1)c1ccccc1n2-c1ccc(-c2cnc(-n3c4ccccc4c4ccccc43)cn2)cc1. The predicted octanol–water partition coefficient (Wildman–Crippen LogP) is 19.8. The van der Waals surface area contributed by atoms with Crippen LogP contribution in [0.25, 0.3) is 161 Å². The molecule has 89 heavy (non-hydrogen) atoms. The van der Waals surface area contributed by atoms with Crippen LogP contribution in [-0.2, 0) is 0 Å². The largest absolute Gasteiger partial charge is 0.309 e. The minimum atomic E-state index is 0.633. The number of benzene rings is 12. The molecule has 0 aliphatic heterocycles. The maximum absolute atomic E-state index is 5.38. The molecule has 0 saturated heterocycles. The average molecular weight is 1140 g/mol. The van der Waals surface area contributed by atoms with E-state index in [0.717, 1.165) is 78.6 Å². The van der Waals surface area contributed by atoms with Gasteiger partial charge in [0.1, 0.15) is 5.82 Å². The van der Waals surface area contributed by atoms with E-state index in [1.807, 2.05) is 12.4 Å². The van der Waals surface area contributed by atoms with Crippen molar-refractivity contribution in [3.63, 3.8) is 0 Å².